The van der Waals surface area contributed by atoms with Crippen LogP contribution in [0.25, 0.3) is 10.9 Å². The largest absolute Gasteiger partial charge is 0.379 e. The number of carbonyl (C=O) groups excluding carboxylic acids is 1. The first-order valence-electron chi connectivity index (χ1n) is 9.01. The van der Waals surface area contributed by atoms with Crippen molar-refractivity contribution in [3.63, 3.8) is 0 Å². The highest BCUT2D eigenvalue weighted by atomic mass is 32.2. The van der Waals surface area contributed by atoms with Crippen molar-refractivity contribution >= 4 is 39.4 Å². The molecule has 144 valence electrons. The summed E-state index contributed by atoms with van der Waals surface area (Å²) in [6.45, 7) is 1.87. The number of aliphatic imine (C=N–C) groups is 1. The number of aromatic nitrogens is 1. The van der Waals surface area contributed by atoms with Gasteiger partial charge in [0.05, 0.1) is 5.54 Å². The molecule has 3 N–H and O–H groups in total. The van der Waals surface area contributed by atoms with Gasteiger partial charge in [0.2, 0.25) is 0 Å². The normalized spacial score (nSPS) is 19.5. The number of benzene rings is 2. The van der Waals surface area contributed by atoms with Gasteiger partial charge < -0.3 is 15.6 Å². The third-order valence-electron chi connectivity index (χ3n) is 5.18. The molecular weight excluding hydrogens is 375 g/mol. The molecule has 28 heavy (non-hydrogen) atoms. The van der Waals surface area contributed by atoms with E-state index >= 15 is 0 Å². The number of amidine groups is 1. The third-order valence-corrected chi connectivity index (χ3v) is 5.98. The van der Waals surface area contributed by atoms with Gasteiger partial charge in [0.25, 0.3) is 5.91 Å². The maximum absolute atomic E-state index is 14.6. The summed E-state index contributed by atoms with van der Waals surface area (Å²) < 4.78 is 16.4. The van der Waals surface area contributed by atoms with Crippen LogP contribution in [0.5, 0.6) is 0 Å². The van der Waals surface area contributed by atoms with Gasteiger partial charge in [0, 0.05) is 35.0 Å². The number of rotatable bonds is 3. The summed E-state index contributed by atoms with van der Waals surface area (Å²) in [7, 11) is 1.85. The maximum Gasteiger partial charge on any atom is 0.272 e. The number of halogens is 1. The summed E-state index contributed by atoms with van der Waals surface area (Å²) in [5.74, 6) is 0.176. The van der Waals surface area contributed by atoms with E-state index < -0.39 is 5.54 Å². The van der Waals surface area contributed by atoms with Crippen molar-refractivity contribution in [3.05, 3.63) is 65.6 Å². The van der Waals surface area contributed by atoms with E-state index in [-0.39, 0.29) is 11.7 Å². The molecule has 0 saturated heterocycles. The fraction of sp³-hybridized carbons (Fsp3) is 0.238. The molecule has 2 aromatic carbocycles. The molecule has 3 aromatic rings. The van der Waals surface area contributed by atoms with Gasteiger partial charge in [0.1, 0.15) is 11.5 Å². The van der Waals surface area contributed by atoms with Crippen LogP contribution >= 0.6 is 11.8 Å². The fourth-order valence-corrected chi connectivity index (χ4v) is 4.57. The highest BCUT2D eigenvalue weighted by Crippen LogP contribution is 2.37. The number of hydrogen-bond acceptors (Lipinski definition) is 4. The molecule has 1 amide bonds. The van der Waals surface area contributed by atoms with Gasteiger partial charge in [-0.2, -0.15) is 0 Å². The van der Waals surface area contributed by atoms with E-state index in [9.17, 15) is 9.18 Å². The molecule has 0 aliphatic carbocycles. The zero-order valence-corrected chi connectivity index (χ0v) is 16.5. The summed E-state index contributed by atoms with van der Waals surface area (Å²) in [4.78, 5) is 17.3. The Morgan fingerprint density at radius 3 is 2.82 bits per heavy atom. The quantitative estimate of drug-likeness (QED) is 0.696. The van der Waals surface area contributed by atoms with Crippen molar-refractivity contribution in [1.82, 2.24) is 4.57 Å². The molecule has 7 heteroatoms. The van der Waals surface area contributed by atoms with Crippen LogP contribution < -0.4 is 11.1 Å². The lowest BCUT2D eigenvalue weighted by Crippen LogP contribution is -2.30. The van der Waals surface area contributed by atoms with E-state index in [0.29, 0.717) is 28.5 Å². The van der Waals surface area contributed by atoms with Crippen molar-refractivity contribution in [2.75, 3.05) is 11.1 Å². The molecule has 0 radical (unpaired) electrons. The van der Waals surface area contributed by atoms with Crippen molar-refractivity contribution in [2.24, 2.45) is 17.8 Å². The third kappa shape index (κ3) is 3.26. The Morgan fingerprint density at radius 1 is 1.29 bits per heavy atom. The highest BCUT2D eigenvalue weighted by molar-refractivity contribution is 8.13. The van der Waals surface area contributed by atoms with Gasteiger partial charge in [-0.25, -0.2) is 4.39 Å². The number of anilines is 1. The molecule has 0 fully saturated rings. The lowest BCUT2D eigenvalue weighted by atomic mass is 9.89. The molecule has 0 saturated carbocycles. The molecule has 4 rings (SSSR count). The second-order valence-electron chi connectivity index (χ2n) is 7.12. The minimum absolute atomic E-state index is 0.247. The first-order chi connectivity index (χ1) is 13.4. The zero-order chi connectivity index (χ0) is 19.9. The topological polar surface area (TPSA) is 72.4 Å². The Morgan fingerprint density at radius 2 is 2.07 bits per heavy atom. The van der Waals surface area contributed by atoms with E-state index in [1.807, 2.05) is 48.9 Å². The van der Waals surface area contributed by atoms with Crippen LogP contribution in [-0.4, -0.2) is 21.4 Å². The Hall–Kier alpha value is -2.80. The van der Waals surface area contributed by atoms with Crippen LogP contribution in [0, 0.1) is 5.82 Å². The zero-order valence-electron chi connectivity index (χ0n) is 15.7. The number of carbonyl (C=O) groups is 1. The predicted molar refractivity (Wildman–Crippen MR) is 113 cm³/mol. The van der Waals surface area contributed by atoms with E-state index in [4.69, 9.17) is 5.73 Å². The number of fused-ring (bicyclic) bond motifs is 1. The Balaban J connectivity index is 1.66. The van der Waals surface area contributed by atoms with E-state index in [1.165, 1.54) is 17.8 Å². The molecule has 1 aromatic heterocycles. The monoisotopic (exact) mass is 396 g/mol. The van der Waals surface area contributed by atoms with Crippen LogP contribution in [0.1, 0.15) is 29.4 Å². The molecule has 5 nitrogen and oxygen atoms in total. The van der Waals surface area contributed by atoms with Crippen LogP contribution in [0.3, 0.4) is 0 Å². The minimum atomic E-state index is -0.736. The van der Waals surface area contributed by atoms with E-state index in [1.54, 1.807) is 12.1 Å². The number of amides is 1. The van der Waals surface area contributed by atoms with Gasteiger partial charge in [-0.15, -0.1) is 0 Å². The summed E-state index contributed by atoms with van der Waals surface area (Å²) >= 11 is 1.47. The Labute approximate surface area is 166 Å². The van der Waals surface area contributed by atoms with Crippen molar-refractivity contribution < 1.29 is 9.18 Å². The van der Waals surface area contributed by atoms with Gasteiger partial charge >= 0.3 is 0 Å². The molecular formula is C21H21FN4OS. The van der Waals surface area contributed by atoms with Crippen molar-refractivity contribution in [3.8, 4) is 0 Å². The highest BCUT2D eigenvalue weighted by Gasteiger charge is 2.32. The number of nitrogens with one attached hydrogen (secondary N) is 1. The number of para-hydroxylation sites is 1. The summed E-state index contributed by atoms with van der Waals surface area (Å²) in [6.07, 6.45) is 0.676. The van der Waals surface area contributed by atoms with Gasteiger partial charge in [-0.3, -0.25) is 9.79 Å². The molecule has 1 aliphatic rings. The second-order valence-corrected chi connectivity index (χ2v) is 8.23. The molecule has 0 bridgehead atoms. The van der Waals surface area contributed by atoms with Crippen molar-refractivity contribution in [1.29, 1.82) is 0 Å². The second kappa shape index (κ2) is 6.98. The molecule has 1 aliphatic heterocycles. The van der Waals surface area contributed by atoms with Crippen molar-refractivity contribution in [2.45, 2.75) is 18.9 Å². The van der Waals surface area contributed by atoms with Crippen LogP contribution in [0.2, 0.25) is 0 Å². The minimum Gasteiger partial charge on any atom is -0.379 e. The van der Waals surface area contributed by atoms with E-state index in [2.05, 4.69) is 10.3 Å². The molecule has 1 atom stereocenters. The average molecular weight is 396 g/mol. The molecule has 1 unspecified atom stereocenters. The first kappa shape index (κ1) is 18.6. The van der Waals surface area contributed by atoms with Crippen LogP contribution in [0.15, 0.2) is 53.5 Å². The smallest absolute Gasteiger partial charge is 0.272 e. The van der Waals surface area contributed by atoms with Gasteiger partial charge in [0.15, 0.2) is 5.17 Å². The number of aryl methyl sites for hydroxylation is 1. The lowest BCUT2D eigenvalue weighted by molar-refractivity contribution is 0.101. The Bertz CT molecular complexity index is 1110. The number of thioether (sulfide) groups is 1. The van der Waals surface area contributed by atoms with Crippen LogP contribution in [-0.2, 0) is 12.6 Å². The van der Waals surface area contributed by atoms with E-state index in [0.717, 1.165) is 16.7 Å². The van der Waals surface area contributed by atoms with Crippen LogP contribution in [0.4, 0.5) is 10.1 Å². The molecule has 0 spiro atoms. The Kier molecular flexibility index (Phi) is 4.63. The first-order valence-corrected chi connectivity index (χ1v) is 10.00. The van der Waals surface area contributed by atoms with Gasteiger partial charge in [-0.05, 0) is 43.7 Å². The SMILES string of the molecule is Cn1c(C(=O)Nc2ccc(F)c(C3(C)CCSC(N)=N3)c2)cc2ccccc21. The standard InChI is InChI=1S/C21H21FN4OS/c1-21(9-10-28-20(23)25-21)15-12-14(7-8-16(15)22)24-19(27)18-11-13-5-3-4-6-17(13)26(18)2/h3-8,11-12H,9-10H2,1-2H3,(H2,23,25)(H,24,27). The van der Waals surface area contributed by atoms with Gasteiger partial charge in [-0.1, -0.05) is 30.0 Å². The fourth-order valence-electron chi connectivity index (χ4n) is 3.60. The number of nitrogens with two attached hydrogens (primary N) is 1. The summed E-state index contributed by atoms with van der Waals surface area (Å²) in [6, 6.07) is 14.2. The number of nitrogens with zero attached hydrogens (tertiary/aromatic N) is 2. The summed E-state index contributed by atoms with van der Waals surface area (Å²) in [5, 5.41) is 4.33. The number of hydrogen-bond donors (Lipinski definition) is 2. The molecule has 2 heterocycles. The lowest BCUT2D eigenvalue weighted by Gasteiger charge is -2.30. The average Bonchev–Trinajstić information content (AvgIpc) is 3.00. The predicted octanol–water partition coefficient (Wildman–Crippen LogP) is 4.24. The maximum atomic E-state index is 14.6. The summed E-state index contributed by atoms with van der Waals surface area (Å²) in [5.41, 5.74) is 7.60.